The van der Waals surface area contributed by atoms with Gasteiger partial charge >= 0.3 is 0 Å². The molecule has 1 aromatic rings. The number of aromatic nitrogens is 2. The summed E-state index contributed by atoms with van der Waals surface area (Å²) in [7, 11) is 0. The number of rotatable bonds is 21. The highest BCUT2D eigenvalue weighted by Gasteiger charge is 2.10. The van der Waals surface area contributed by atoms with E-state index in [4.69, 9.17) is 0 Å². The molecule has 0 fully saturated rings. The Morgan fingerprint density at radius 1 is 0.690 bits per heavy atom. The molecular weight excluding hydrogens is 352 g/mol. The lowest BCUT2D eigenvalue weighted by Crippen LogP contribution is -2.36. The molecule has 1 rings (SSSR count). The third kappa shape index (κ3) is 15.7. The third-order valence-corrected chi connectivity index (χ3v) is 6.30. The predicted octanol–water partition coefficient (Wildman–Crippen LogP) is 8.54. The number of unbranched alkanes of at least 4 members (excludes halogenated alkanes) is 15. The number of aryl methyl sites for hydroxylation is 2. The maximum atomic E-state index is 3.45. The zero-order chi connectivity index (χ0) is 21.0. The van der Waals surface area contributed by atoms with E-state index in [0.717, 1.165) is 5.92 Å². The SMILES string of the molecule is CCCCCCCCCCCCCCCCCC[n+]1cc[nH]c1CCCC(C)C. The van der Waals surface area contributed by atoms with Crippen molar-refractivity contribution in [3.05, 3.63) is 18.2 Å². The highest BCUT2D eigenvalue weighted by atomic mass is 15.1. The van der Waals surface area contributed by atoms with Gasteiger partial charge in [0.15, 0.2) is 0 Å². The number of hydrogen-bond acceptors (Lipinski definition) is 0. The van der Waals surface area contributed by atoms with Gasteiger partial charge < -0.3 is 0 Å². The van der Waals surface area contributed by atoms with Crippen LogP contribution in [-0.4, -0.2) is 4.98 Å². The lowest BCUT2D eigenvalue weighted by atomic mass is 10.0. The lowest BCUT2D eigenvalue weighted by Gasteiger charge is -2.05. The molecule has 29 heavy (non-hydrogen) atoms. The van der Waals surface area contributed by atoms with E-state index in [-0.39, 0.29) is 0 Å². The monoisotopic (exact) mass is 405 g/mol. The molecule has 0 radical (unpaired) electrons. The van der Waals surface area contributed by atoms with Crippen molar-refractivity contribution in [2.24, 2.45) is 5.92 Å². The van der Waals surface area contributed by atoms with Crippen LogP contribution < -0.4 is 4.57 Å². The maximum Gasteiger partial charge on any atom is 0.254 e. The predicted molar refractivity (Wildman–Crippen MR) is 128 cm³/mol. The molecule has 0 aliphatic rings. The van der Waals surface area contributed by atoms with Gasteiger partial charge in [-0.3, -0.25) is 0 Å². The minimum Gasteiger partial charge on any atom is -0.248 e. The van der Waals surface area contributed by atoms with Crippen LogP contribution in [0.15, 0.2) is 12.4 Å². The van der Waals surface area contributed by atoms with Crippen molar-refractivity contribution < 1.29 is 4.57 Å². The quantitative estimate of drug-likeness (QED) is 0.156. The zero-order valence-electron chi connectivity index (χ0n) is 20.3. The summed E-state index contributed by atoms with van der Waals surface area (Å²) in [5.74, 6) is 2.24. The van der Waals surface area contributed by atoms with Crippen molar-refractivity contribution in [2.45, 2.75) is 149 Å². The standard InChI is InChI=1S/C27H52N2/c1-4-5-6-7-8-9-10-11-12-13-14-15-16-17-18-19-24-29-25-23-28-27(29)22-20-21-26(2)3/h23,25-26H,4-22,24H2,1-3H3/p+1. The third-order valence-electron chi connectivity index (χ3n) is 6.30. The molecule has 1 heterocycles. The minimum absolute atomic E-state index is 0.818. The molecule has 2 heteroatoms. The largest absolute Gasteiger partial charge is 0.254 e. The van der Waals surface area contributed by atoms with E-state index in [1.807, 2.05) is 0 Å². The number of nitrogens with zero attached hydrogens (tertiary/aromatic N) is 1. The summed E-state index contributed by atoms with van der Waals surface area (Å²) in [6.07, 6.45) is 31.2. The van der Waals surface area contributed by atoms with Gasteiger partial charge in [0.1, 0.15) is 12.4 Å². The Bertz CT molecular complexity index is 449. The van der Waals surface area contributed by atoms with E-state index in [1.165, 1.54) is 134 Å². The van der Waals surface area contributed by atoms with Crippen LogP contribution in [0.2, 0.25) is 0 Å². The second-order valence-electron chi connectivity index (χ2n) is 9.69. The van der Waals surface area contributed by atoms with Crippen molar-refractivity contribution in [1.29, 1.82) is 0 Å². The van der Waals surface area contributed by atoms with E-state index >= 15 is 0 Å². The Labute approximate surface area is 183 Å². The highest BCUT2D eigenvalue weighted by Crippen LogP contribution is 2.14. The van der Waals surface area contributed by atoms with Gasteiger partial charge in [0.25, 0.3) is 5.82 Å². The summed E-state index contributed by atoms with van der Waals surface area (Å²) >= 11 is 0. The molecule has 0 spiro atoms. The fourth-order valence-electron chi connectivity index (χ4n) is 4.33. The first-order valence-corrected chi connectivity index (χ1v) is 13.3. The summed E-state index contributed by atoms with van der Waals surface area (Å²) in [5, 5.41) is 0. The van der Waals surface area contributed by atoms with Crippen molar-refractivity contribution in [1.82, 2.24) is 4.98 Å². The molecule has 0 atom stereocenters. The molecule has 1 aromatic heterocycles. The van der Waals surface area contributed by atoms with E-state index in [1.54, 1.807) is 0 Å². The minimum atomic E-state index is 0.818. The Balaban J connectivity index is 1.84. The van der Waals surface area contributed by atoms with E-state index in [0.29, 0.717) is 0 Å². The Morgan fingerprint density at radius 2 is 1.17 bits per heavy atom. The van der Waals surface area contributed by atoms with Crippen LogP contribution in [0.4, 0.5) is 0 Å². The molecule has 170 valence electrons. The Kier molecular flexibility index (Phi) is 17.4. The number of hydrogen-bond donors (Lipinski definition) is 1. The van der Waals surface area contributed by atoms with Crippen LogP contribution in [0.1, 0.15) is 142 Å². The van der Waals surface area contributed by atoms with Crippen LogP contribution in [0.3, 0.4) is 0 Å². The van der Waals surface area contributed by atoms with Crippen molar-refractivity contribution in [3.63, 3.8) is 0 Å². The van der Waals surface area contributed by atoms with Gasteiger partial charge in [-0.15, -0.1) is 0 Å². The van der Waals surface area contributed by atoms with E-state index in [9.17, 15) is 0 Å². The molecule has 0 aliphatic carbocycles. The first-order chi connectivity index (χ1) is 14.2. The Morgan fingerprint density at radius 3 is 1.66 bits per heavy atom. The second kappa shape index (κ2) is 19.2. The fourth-order valence-corrected chi connectivity index (χ4v) is 4.33. The lowest BCUT2D eigenvalue weighted by molar-refractivity contribution is -0.703. The molecule has 0 amide bonds. The van der Waals surface area contributed by atoms with Crippen LogP contribution in [0.25, 0.3) is 0 Å². The summed E-state index contributed by atoms with van der Waals surface area (Å²) < 4.78 is 2.45. The van der Waals surface area contributed by atoms with Gasteiger partial charge in [-0.25, -0.2) is 9.55 Å². The molecule has 0 bridgehead atoms. The topological polar surface area (TPSA) is 19.7 Å². The second-order valence-corrected chi connectivity index (χ2v) is 9.69. The Hall–Kier alpha value is -0.790. The van der Waals surface area contributed by atoms with Gasteiger partial charge in [-0.1, -0.05) is 117 Å². The van der Waals surface area contributed by atoms with Gasteiger partial charge in [0, 0.05) is 6.42 Å². The molecular formula is C27H53N2+. The summed E-state index contributed by atoms with van der Waals surface area (Å²) in [6, 6.07) is 0. The fraction of sp³-hybridized carbons (Fsp3) is 0.889. The molecule has 2 nitrogen and oxygen atoms in total. The van der Waals surface area contributed by atoms with Crippen LogP contribution in [0.5, 0.6) is 0 Å². The van der Waals surface area contributed by atoms with Crippen LogP contribution in [0, 0.1) is 5.92 Å². The smallest absolute Gasteiger partial charge is 0.248 e. The number of imidazole rings is 1. The summed E-state index contributed by atoms with van der Waals surface area (Å²) in [4.78, 5) is 3.45. The maximum absolute atomic E-state index is 3.45. The molecule has 0 saturated heterocycles. The number of H-pyrrole nitrogens is 1. The van der Waals surface area contributed by atoms with Gasteiger partial charge in [-0.2, -0.15) is 0 Å². The van der Waals surface area contributed by atoms with Gasteiger partial charge in [0.2, 0.25) is 0 Å². The summed E-state index contributed by atoms with van der Waals surface area (Å²) in [6.45, 7) is 8.13. The van der Waals surface area contributed by atoms with E-state index < -0.39 is 0 Å². The molecule has 0 saturated carbocycles. The average molecular weight is 406 g/mol. The first-order valence-electron chi connectivity index (χ1n) is 13.3. The summed E-state index contributed by atoms with van der Waals surface area (Å²) in [5.41, 5.74) is 0. The highest BCUT2D eigenvalue weighted by molar-refractivity contribution is 4.77. The molecule has 1 N–H and O–H groups in total. The van der Waals surface area contributed by atoms with Crippen LogP contribution in [-0.2, 0) is 13.0 Å². The first kappa shape index (κ1) is 26.2. The molecule has 0 unspecified atom stereocenters. The number of nitrogens with one attached hydrogen (secondary N) is 1. The van der Waals surface area contributed by atoms with E-state index in [2.05, 4.69) is 42.7 Å². The average Bonchev–Trinajstić information content (AvgIpc) is 3.14. The zero-order valence-corrected chi connectivity index (χ0v) is 20.3. The van der Waals surface area contributed by atoms with Gasteiger partial charge in [-0.05, 0) is 25.2 Å². The van der Waals surface area contributed by atoms with Crippen molar-refractivity contribution in [2.75, 3.05) is 0 Å². The number of aromatic amines is 1. The molecule has 0 aliphatic heterocycles. The normalized spacial score (nSPS) is 11.6. The van der Waals surface area contributed by atoms with Crippen molar-refractivity contribution in [3.8, 4) is 0 Å². The molecule has 0 aromatic carbocycles. The van der Waals surface area contributed by atoms with Gasteiger partial charge in [0.05, 0.1) is 6.54 Å². The van der Waals surface area contributed by atoms with Crippen molar-refractivity contribution >= 4 is 0 Å². The van der Waals surface area contributed by atoms with Crippen LogP contribution >= 0.6 is 0 Å².